The largest absolute Gasteiger partial charge is 0.303 e. The molecule has 1 fully saturated rings. The molecule has 0 radical (unpaired) electrons. The van der Waals surface area contributed by atoms with Crippen LogP contribution in [0.5, 0.6) is 0 Å². The molecule has 1 aliphatic rings. The minimum absolute atomic E-state index is 0.262. The van der Waals surface area contributed by atoms with Crippen molar-refractivity contribution in [2.45, 2.75) is 26.2 Å². The minimum Gasteiger partial charge on any atom is -0.303 e. The number of hydrogen-bond acceptors (Lipinski definition) is 2. The Morgan fingerprint density at radius 2 is 2.46 bits per heavy atom. The maximum atomic E-state index is 10.6. The zero-order chi connectivity index (χ0) is 9.68. The van der Waals surface area contributed by atoms with E-state index >= 15 is 0 Å². The van der Waals surface area contributed by atoms with E-state index in [1.807, 2.05) is 0 Å². The maximum Gasteiger partial charge on any atom is 0.124 e. The van der Waals surface area contributed by atoms with Crippen molar-refractivity contribution in [3.05, 3.63) is 12.2 Å². The Labute approximate surface area is 80.6 Å². The lowest BCUT2D eigenvalue weighted by molar-refractivity contribution is -0.112. The Balaban J connectivity index is 2.33. The van der Waals surface area contributed by atoms with Gasteiger partial charge in [0.05, 0.1) is 0 Å². The molecule has 13 heavy (non-hydrogen) atoms. The van der Waals surface area contributed by atoms with Gasteiger partial charge in [-0.1, -0.05) is 19.1 Å². The van der Waals surface area contributed by atoms with Crippen molar-refractivity contribution in [3.63, 3.8) is 0 Å². The van der Waals surface area contributed by atoms with Gasteiger partial charge in [-0.2, -0.15) is 0 Å². The van der Waals surface area contributed by atoms with Crippen LogP contribution in [0, 0.1) is 5.92 Å². The van der Waals surface area contributed by atoms with E-state index in [2.05, 4.69) is 18.4 Å². The van der Waals surface area contributed by atoms with Gasteiger partial charge in [-0.25, -0.2) is 0 Å². The van der Waals surface area contributed by atoms with Crippen LogP contribution in [0.25, 0.3) is 0 Å². The first-order valence-electron chi connectivity index (χ1n) is 5.10. The molecule has 0 aromatic heterocycles. The Morgan fingerprint density at radius 1 is 1.69 bits per heavy atom. The molecule has 1 aliphatic heterocycles. The van der Waals surface area contributed by atoms with E-state index in [0.717, 1.165) is 45.2 Å². The third kappa shape index (κ3) is 3.31. The van der Waals surface area contributed by atoms with Crippen molar-refractivity contribution in [1.29, 1.82) is 0 Å². The first kappa shape index (κ1) is 10.5. The lowest BCUT2D eigenvalue weighted by atomic mass is 9.99. The molecule has 1 rings (SSSR count). The van der Waals surface area contributed by atoms with Gasteiger partial charge in [-0.15, -0.1) is 0 Å². The number of rotatable bonds is 4. The third-order valence-electron chi connectivity index (χ3n) is 2.68. The second kappa shape index (κ2) is 5.18. The van der Waals surface area contributed by atoms with Gasteiger partial charge in [0.2, 0.25) is 0 Å². The number of carbonyl (C=O) groups is 1. The van der Waals surface area contributed by atoms with E-state index in [1.54, 1.807) is 0 Å². The highest BCUT2D eigenvalue weighted by atomic mass is 16.1. The van der Waals surface area contributed by atoms with Crippen molar-refractivity contribution in [2.75, 3.05) is 19.6 Å². The predicted octanol–water partition coefficient (Wildman–Crippen LogP) is 1.86. The van der Waals surface area contributed by atoms with Crippen molar-refractivity contribution in [2.24, 2.45) is 5.92 Å². The summed E-state index contributed by atoms with van der Waals surface area (Å²) in [5.74, 6) is 0.262. The van der Waals surface area contributed by atoms with Crippen LogP contribution < -0.4 is 0 Å². The molecule has 0 N–H and O–H groups in total. The molecule has 74 valence electrons. The number of aldehydes is 1. The summed E-state index contributed by atoms with van der Waals surface area (Å²) in [6.45, 7) is 9.15. The molecule has 0 aromatic rings. The van der Waals surface area contributed by atoms with Gasteiger partial charge in [0, 0.05) is 19.0 Å². The zero-order valence-electron chi connectivity index (χ0n) is 8.46. The fourth-order valence-electron chi connectivity index (χ4n) is 1.77. The summed E-state index contributed by atoms with van der Waals surface area (Å²) in [6, 6.07) is 0. The SMILES string of the molecule is C=C(CC)CN1CCCC(C=O)C1. The van der Waals surface area contributed by atoms with Crippen LogP contribution in [0.1, 0.15) is 26.2 Å². The number of piperidine rings is 1. The average Bonchev–Trinajstić information content (AvgIpc) is 2.18. The molecule has 1 saturated heterocycles. The summed E-state index contributed by atoms with van der Waals surface area (Å²) in [5, 5.41) is 0. The summed E-state index contributed by atoms with van der Waals surface area (Å²) in [6.07, 6.45) is 4.36. The Morgan fingerprint density at radius 3 is 3.08 bits per heavy atom. The molecule has 1 heterocycles. The van der Waals surface area contributed by atoms with Crippen LogP contribution in [0.2, 0.25) is 0 Å². The summed E-state index contributed by atoms with van der Waals surface area (Å²) in [7, 11) is 0. The van der Waals surface area contributed by atoms with Crippen LogP contribution in [0.4, 0.5) is 0 Å². The Kier molecular flexibility index (Phi) is 4.16. The van der Waals surface area contributed by atoms with Gasteiger partial charge in [-0.05, 0) is 25.8 Å². The van der Waals surface area contributed by atoms with Crippen molar-refractivity contribution in [3.8, 4) is 0 Å². The number of likely N-dealkylation sites (tertiary alicyclic amines) is 1. The maximum absolute atomic E-state index is 10.6. The topological polar surface area (TPSA) is 20.3 Å². The van der Waals surface area contributed by atoms with E-state index in [4.69, 9.17) is 0 Å². The fraction of sp³-hybridized carbons (Fsp3) is 0.727. The molecule has 0 aliphatic carbocycles. The smallest absolute Gasteiger partial charge is 0.124 e. The van der Waals surface area contributed by atoms with Crippen LogP contribution in [-0.4, -0.2) is 30.8 Å². The molecule has 0 amide bonds. The first-order valence-corrected chi connectivity index (χ1v) is 5.10. The number of nitrogens with zero attached hydrogens (tertiary/aromatic N) is 1. The summed E-state index contributed by atoms with van der Waals surface area (Å²) in [4.78, 5) is 13.0. The molecule has 0 spiro atoms. The summed E-state index contributed by atoms with van der Waals surface area (Å²) in [5.41, 5.74) is 1.27. The molecule has 2 nitrogen and oxygen atoms in total. The molecule has 2 heteroatoms. The Bertz CT molecular complexity index is 189. The van der Waals surface area contributed by atoms with Crippen LogP contribution in [-0.2, 0) is 4.79 Å². The normalized spacial score (nSPS) is 24.2. The fourth-order valence-corrected chi connectivity index (χ4v) is 1.77. The van der Waals surface area contributed by atoms with Gasteiger partial charge >= 0.3 is 0 Å². The van der Waals surface area contributed by atoms with Crippen molar-refractivity contribution >= 4 is 6.29 Å². The zero-order valence-corrected chi connectivity index (χ0v) is 8.46. The highest BCUT2D eigenvalue weighted by molar-refractivity contribution is 5.53. The van der Waals surface area contributed by atoms with E-state index in [0.29, 0.717) is 0 Å². The van der Waals surface area contributed by atoms with E-state index in [9.17, 15) is 4.79 Å². The molecule has 0 bridgehead atoms. The number of carbonyl (C=O) groups excluding carboxylic acids is 1. The number of hydrogen-bond donors (Lipinski definition) is 0. The first-order chi connectivity index (χ1) is 6.26. The van der Waals surface area contributed by atoms with Gasteiger partial charge < -0.3 is 4.79 Å². The summed E-state index contributed by atoms with van der Waals surface area (Å²) < 4.78 is 0. The van der Waals surface area contributed by atoms with Crippen molar-refractivity contribution in [1.82, 2.24) is 4.90 Å². The third-order valence-corrected chi connectivity index (χ3v) is 2.68. The molecule has 1 atom stereocenters. The second-order valence-electron chi connectivity index (χ2n) is 3.88. The molecular formula is C11H19NO. The van der Waals surface area contributed by atoms with Crippen LogP contribution in [0.3, 0.4) is 0 Å². The van der Waals surface area contributed by atoms with Gasteiger partial charge in [0.1, 0.15) is 6.29 Å². The van der Waals surface area contributed by atoms with E-state index < -0.39 is 0 Å². The molecule has 0 saturated carbocycles. The van der Waals surface area contributed by atoms with Gasteiger partial charge in [0.15, 0.2) is 0 Å². The van der Waals surface area contributed by atoms with Crippen LogP contribution in [0.15, 0.2) is 12.2 Å². The molecular weight excluding hydrogens is 162 g/mol. The predicted molar refractivity (Wildman–Crippen MR) is 54.7 cm³/mol. The minimum atomic E-state index is 0.262. The van der Waals surface area contributed by atoms with Gasteiger partial charge in [0.25, 0.3) is 0 Å². The standard InChI is InChI=1S/C11H19NO/c1-3-10(2)7-12-6-4-5-11(8-12)9-13/h9,11H,2-8H2,1H3. The Hall–Kier alpha value is -0.630. The monoisotopic (exact) mass is 181 g/mol. The lowest BCUT2D eigenvalue weighted by Crippen LogP contribution is -2.37. The molecule has 0 aromatic carbocycles. The average molecular weight is 181 g/mol. The highest BCUT2D eigenvalue weighted by Crippen LogP contribution is 2.15. The quantitative estimate of drug-likeness (QED) is 0.487. The highest BCUT2D eigenvalue weighted by Gasteiger charge is 2.18. The van der Waals surface area contributed by atoms with Crippen molar-refractivity contribution < 1.29 is 4.79 Å². The summed E-state index contributed by atoms with van der Waals surface area (Å²) >= 11 is 0. The van der Waals surface area contributed by atoms with Gasteiger partial charge in [-0.3, -0.25) is 4.90 Å². The van der Waals surface area contributed by atoms with Crippen LogP contribution >= 0.6 is 0 Å². The molecule has 1 unspecified atom stereocenters. The lowest BCUT2D eigenvalue weighted by Gasteiger charge is -2.30. The second-order valence-corrected chi connectivity index (χ2v) is 3.88. The van der Waals surface area contributed by atoms with E-state index in [1.165, 1.54) is 5.57 Å². The van der Waals surface area contributed by atoms with E-state index in [-0.39, 0.29) is 5.92 Å².